The largest absolute Gasteiger partial charge is 0.468 e. The number of rotatable bonds is 0. The molecule has 0 radical (unpaired) electrons. The van der Waals surface area contributed by atoms with E-state index in [1.54, 1.807) is 11.1 Å². The predicted octanol–water partition coefficient (Wildman–Crippen LogP) is 3.08. The van der Waals surface area contributed by atoms with Gasteiger partial charge in [0.2, 0.25) is 0 Å². The van der Waals surface area contributed by atoms with E-state index in [4.69, 9.17) is 4.74 Å². The number of ether oxygens (including phenoxy) is 1. The number of hydrogen-bond donors (Lipinski definition) is 0. The van der Waals surface area contributed by atoms with E-state index in [2.05, 4.69) is 25.2 Å². The fourth-order valence-electron chi connectivity index (χ4n) is 2.40. The monoisotopic (exact) mass is 172 g/mol. The van der Waals surface area contributed by atoms with E-state index in [0.29, 0.717) is 5.92 Å². The van der Waals surface area contributed by atoms with Crippen molar-refractivity contribution in [3.05, 3.63) is 47.0 Å². The molecule has 1 unspecified atom stereocenters. The Morgan fingerprint density at radius 2 is 2.38 bits per heavy atom. The van der Waals surface area contributed by atoms with Gasteiger partial charge in [-0.2, -0.15) is 0 Å². The lowest BCUT2D eigenvalue weighted by Gasteiger charge is -2.36. The summed E-state index contributed by atoms with van der Waals surface area (Å²) in [4.78, 5) is 0. The highest BCUT2D eigenvalue weighted by Gasteiger charge is 2.34. The molecule has 0 saturated heterocycles. The first-order chi connectivity index (χ1) is 6.36. The van der Waals surface area contributed by atoms with E-state index in [-0.39, 0.29) is 0 Å². The standard InChI is InChI=1S/C12H12O/c1-8-6-9-7-13-11-5-3-2-4-10(11)12(8)9/h2-3,5,7,10H,4,6H2,1H3. The quantitative estimate of drug-likeness (QED) is 0.545. The van der Waals surface area contributed by atoms with Gasteiger partial charge in [0, 0.05) is 5.92 Å². The van der Waals surface area contributed by atoms with Gasteiger partial charge in [-0.05, 0) is 37.0 Å². The fourth-order valence-corrected chi connectivity index (χ4v) is 2.40. The smallest absolute Gasteiger partial charge is 0.111 e. The van der Waals surface area contributed by atoms with Gasteiger partial charge in [0.1, 0.15) is 5.76 Å². The summed E-state index contributed by atoms with van der Waals surface area (Å²) in [6.45, 7) is 2.23. The van der Waals surface area contributed by atoms with Crippen LogP contribution in [0.3, 0.4) is 0 Å². The Hall–Kier alpha value is -1.24. The SMILES string of the molecule is CC1=C2C(=COC3=CC=CCC32)C1. The van der Waals surface area contributed by atoms with E-state index in [0.717, 1.165) is 18.6 Å². The number of allylic oxidation sites excluding steroid dienone is 6. The molecule has 0 N–H and O–H groups in total. The molecule has 0 spiro atoms. The zero-order valence-electron chi connectivity index (χ0n) is 7.71. The maximum atomic E-state index is 5.58. The van der Waals surface area contributed by atoms with E-state index >= 15 is 0 Å². The molecule has 1 aliphatic heterocycles. The van der Waals surface area contributed by atoms with Crippen molar-refractivity contribution in [2.45, 2.75) is 19.8 Å². The molecule has 0 aromatic carbocycles. The highest BCUT2D eigenvalue weighted by atomic mass is 16.5. The van der Waals surface area contributed by atoms with Gasteiger partial charge in [0.15, 0.2) is 0 Å². The second kappa shape index (κ2) is 2.38. The van der Waals surface area contributed by atoms with Crippen LogP contribution in [-0.4, -0.2) is 0 Å². The van der Waals surface area contributed by atoms with Crippen LogP contribution in [0.1, 0.15) is 19.8 Å². The lowest BCUT2D eigenvalue weighted by Crippen LogP contribution is -2.23. The van der Waals surface area contributed by atoms with E-state index < -0.39 is 0 Å². The molecule has 1 atom stereocenters. The third-order valence-electron chi connectivity index (χ3n) is 3.06. The summed E-state index contributed by atoms with van der Waals surface area (Å²) in [5, 5.41) is 0. The molecule has 1 heteroatoms. The Balaban J connectivity index is 2.09. The van der Waals surface area contributed by atoms with Gasteiger partial charge in [-0.15, -0.1) is 0 Å². The molecule has 1 nitrogen and oxygen atoms in total. The second-order valence-corrected chi connectivity index (χ2v) is 3.92. The molecule has 0 bridgehead atoms. The molecule has 66 valence electrons. The third kappa shape index (κ3) is 0.873. The molecule has 0 aromatic heterocycles. The Labute approximate surface area is 78.1 Å². The molecule has 0 saturated carbocycles. The van der Waals surface area contributed by atoms with E-state index in [9.17, 15) is 0 Å². The number of hydrogen-bond acceptors (Lipinski definition) is 1. The summed E-state index contributed by atoms with van der Waals surface area (Å²) in [7, 11) is 0. The van der Waals surface area contributed by atoms with Crippen LogP contribution < -0.4 is 0 Å². The zero-order valence-corrected chi connectivity index (χ0v) is 7.71. The molecule has 0 amide bonds. The minimum absolute atomic E-state index is 0.527. The summed E-state index contributed by atoms with van der Waals surface area (Å²) in [5.41, 5.74) is 4.50. The van der Waals surface area contributed by atoms with E-state index in [1.165, 1.54) is 5.57 Å². The predicted molar refractivity (Wildman–Crippen MR) is 51.8 cm³/mol. The molecule has 3 rings (SSSR count). The molecule has 3 aliphatic rings. The Kier molecular flexibility index (Phi) is 1.32. The molecule has 2 aliphatic carbocycles. The lowest BCUT2D eigenvalue weighted by atomic mass is 9.73. The molecular weight excluding hydrogens is 160 g/mol. The van der Waals surface area contributed by atoms with Crippen LogP contribution in [0.5, 0.6) is 0 Å². The fraction of sp³-hybridized carbons (Fsp3) is 0.333. The van der Waals surface area contributed by atoms with Crippen molar-refractivity contribution in [2.75, 3.05) is 0 Å². The van der Waals surface area contributed by atoms with Gasteiger partial charge in [-0.3, -0.25) is 0 Å². The van der Waals surface area contributed by atoms with Crippen LogP contribution in [0.4, 0.5) is 0 Å². The average molecular weight is 172 g/mol. The minimum Gasteiger partial charge on any atom is -0.468 e. The van der Waals surface area contributed by atoms with Gasteiger partial charge in [0.05, 0.1) is 6.26 Å². The average Bonchev–Trinajstić information content (AvgIpc) is 2.14. The van der Waals surface area contributed by atoms with Gasteiger partial charge < -0.3 is 4.74 Å². The van der Waals surface area contributed by atoms with Crippen LogP contribution in [0, 0.1) is 5.92 Å². The Bertz CT molecular complexity index is 380. The Morgan fingerprint density at radius 3 is 3.23 bits per heavy atom. The summed E-state index contributed by atoms with van der Waals surface area (Å²) in [6.07, 6.45) is 10.5. The van der Waals surface area contributed by atoms with Crippen molar-refractivity contribution in [1.29, 1.82) is 0 Å². The van der Waals surface area contributed by atoms with Gasteiger partial charge in [-0.1, -0.05) is 17.7 Å². The highest BCUT2D eigenvalue weighted by molar-refractivity contribution is 5.53. The van der Waals surface area contributed by atoms with Gasteiger partial charge in [-0.25, -0.2) is 0 Å². The zero-order chi connectivity index (χ0) is 8.84. The van der Waals surface area contributed by atoms with Crippen molar-refractivity contribution in [3.8, 4) is 0 Å². The van der Waals surface area contributed by atoms with Crippen LogP contribution in [-0.2, 0) is 4.74 Å². The first-order valence-corrected chi connectivity index (χ1v) is 4.78. The van der Waals surface area contributed by atoms with Crippen LogP contribution in [0.2, 0.25) is 0 Å². The molecule has 0 aromatic rings. The molecular formula is C12H12O. The van der Waals surface area contributed by atoms with Crippen molar-refractivity contribution in [1.82, 2.24) is 0 Å². The van der Waals surface area contributed by atoms with E-state index in [1.807, 2.05) is 6.26 Å². The topological polar surface area (TPSA) is 9.23 Å². The summed E-state index contributed by atoms with van der Waals surface area (Å²) in [5.74, 6) is 1.65. The maximum absolute atomic E-state index is 5.58. The highest BCUT2D eigenvalue weighted by Crippen LogP contribution is 2.47. The summed E-state index contributed by atoms with van der Waals surface area (Å²) in [6, 6.07) is 0. The first-order valence-electron chi connectivity index (χ1n) is 4.78. The van der Waals surface area contributed by atoms with Gasteiger partial charge in [0.25, 0.3) is 0 Å². The lowest BCUT2D eigenvalue weighted by molar-refractivity contribution is 0.277. The van der Waals surface area contributed by atoms with Crippen molar-refractivity contribution in [3.63, 3.8) is 0 Å². The summed E-state index contributed by atoms with van der Waals surface area (Å²) < 4.78 is 5.58. The van der Waals surface area contributed by atoms with Crippen molar-refractivity contribution < 1.29 is 4.74 Å². The van der Waals surface area contributed by atoms with Crippen molar-refractivity contribution >= 4 is 0 Å². The normalized spacial score (nSPS) is 29.5. The second-order valence-electron chi connectivity index (χ2n) is 3.92. The molecule has 0 fully saturated rings. The van der Waals surface area contributed by atoms with Crippen LogP contribution >= 0.6 is 0 Å². The van der Waals surface area contributed by atoms with Gasteiger partial charge >= 0.3 is 0 Å². The minimum atomic E-state index is 0.527. The molecule has 13 heavy (non-hydrogen) atoms. The third-order valence-corrected chi connectivity index (χ3v) is 3.06. The first kappa shape index (κ1) is 7.19. The van der Waals surface area contributed by atoms with Crippen molar-refractivity contribution in [2.24, 2.45) is 5.92 Å². The molecule has 1 heterocycles. The summed E-state index contributed by atoms with van der Waals surface area (Å²) >= 11 is 0. The van der Waals surface area contributed by atoms with Crippen LogP contribution in [0.15, 0.2) is 47.0 Å². The Morgan fingerprint density at radius 1 is 1.46 bits per heavy atom. The maximum Gasteiger partial charge on any atom is 0.111 e. The number of fused-ring (bicyclic) bond motifs is 3. The van der Waals surface area contributed by atoms with Crippen LogP contribution in [0.25, 0.3) is 0 Å².